The van der Waals surface area contributed by atoms with Crippen LogP contribution < -0.4 is 10.5 Å². The van der Waals surface area contributed by atoms with E-state index in [1.807, 2.05) is 6.92 Å². The van der Waals surface area contributed by atoms with E-state index in [0.29, 0.717) is 18.7 Å². The summed E-state index contributed by atoms with van der Waals surface area (Å²) in [6, 6.07) is 6.47. The second-order valence-corrected chi connectivity index (χ2v) is 7.40. The Morgan fingerprint density at radius 2 is 2.00 bits per heavy atom. The van der Waals surface area contributed by atoms with Crippen LogP contribution in [0.5, 0.6) is 0 Å². The molecule has 2 unspecified atom stereocenters. The van der Waals surface area contributed by atoms with Crippen molar-refractivity contribution in [2.24, 2.45) is 5.14 Å². The van der Waals surface area contributed by atoms with Crippen molar-refractivity contribution in [2.75, 3.05) is 18.1 Å². The molecule has 1 rings (SSSR count). The first-order chi connectivity index (χ1) is 8.32. The summed E-state index contributed by atoms with van der Waals surface area (Å²) >= 11 is 0. The van der Waals surface area contributed by atoms with Gasteiger partial charge < -0.3 is 5.32 Å². The van der Waals surface area contributed by atoms with Crippen LogP contribution in [0.2, 0.25) is 0 Å². The number of hydrogen-bond acceptors (Lipinski definition) is 4. The highest BCUT2D eigenvalue weighted by Crippen LogP contribution is 2.19. The van der Waals surface area contributed by atoms with Crippen molar-refractivity contribution >= 4 is 26.5 Å². The standard InChI is InChI=1S/C11H18N2O3S2/c1-9(17(2)14)7-8-13-10-5-3-4-6-11(10)18(12,15)16/h3-6,9,13H,7-8H2,1-2H3,(H2,12,15,16). The van der Waals surface area contributed by atoms with Crippen LogP contribution in [-0.4, -0.2) is 30.7 Å². The maximum absolute atomic E-state index is 11.3. The molecular formula is C11H18N2O3S2. The van der Waals surface area contributed by atoms with Crippen LogP contribution in [0.1, 0.15) is 13.3 Å². The van der Waals surface area contributed by atoms with Crippen molar-refractivity contribution in [1.29, 1.82) is 0 Å². The van der Waals surface area contributed by atoms with Gasteiger partial charge in [0.1, 0.15) is 4.90 Å². The number of nitrogens with two attached hydrogens (primary N) is 1. The zero-order valence-electron chi connectivity index (χ0n) is 10.4. The van der Waals surface area contributed by atoms with E-state index in [1.165, 1.54) is 6.07 Å². The van der Waals surface area contributed by atoms with Crippen molar-refractivity contribution in [3.8, 4) is 0 Å². The molecule has 0 saturated heterocycles. The van der Waals surface area contributed by atoms with E-state index in [9.17, 15) is 12.6 Å². The molecule has 18 heavy (non-hydrogen) atoms. The van der Waals surface area contributed by atoms with Crippen LogP contribution in [0, 0.1) is 0 Å². The van der Waals surface area contributed by atoms with Crippen LogP contribution in [-0.2, 0) is 20.8 Å². The Labute approximate surface area is 110 Å². The van der Waals surface area contributed by atoms with Gasteiger partial charge in [-0.2, -0.15) is 0 Å². The molecule has 0 aromatic heterocycles. The Hall–Kier alpha value is -0.920. The maximum atomic E-state index is 11.3. The van der Waals surface area contributed by atoms with Gasteiger partial charge in [-0.3, -0.25) is 4.21 Å². The number of sulfonamides is 1. The predicted octanol–water partition coefficient (Wildman–Crippen LogP) is 0.903. The molecule has 0 aliphatic heterocycles. The minimum Gasteiger partial charge on any atom is -0.384 e. The highest BCUT2D eigenvalue weighted by molar-refractivity contribution is 7.89. The summed E-state index contributed by atoms with van der Waals surface area (Å²) in [7, 11) is -4.60. The van der Waals surface area contributed by atoms with Crippen LogP contribution in [0.4, 0.5) is 5.69 Å². The van der Waals surface area contributed by atoms with Gasteiger partial charge in [-0.15, -0.1) is 0 Å². The molecule has 0 bridgehead atoms. The fraction of sp³-hybridized carbons (Fsp3) is 0.455. The van der Waals surface area contributed by atoms with Gasteiger partial charge in [0.25, 0.3) is 0 Å². The maximum Gasteiger partial charge on any atom is 0.240 e. The molecule has 0 aliphatic rings. The molecule has 0 heterocycles. The van der Waals surface area contributed by atoms with E-state index in [4.69, 9.17) is 5.14 Å². The molecule has 7 heteroatoms. The predicted molar refractivity (Wildman–Crippen MR) is 74.5 cm³/mol. The average molecular weight is 290 g/mol. The summed E-state index contributed by atoms with van der Waals surface area (Å²) in [5, 5.41) is 8.20. The molecule has 0 aliphatic carbocycles. The van der Waals surface area contributed by atoms with Crippen molar-refractivity contribution < 1.29 is 12.6 Å². The molecular weight excluding hydrogens is 272 g/mol. The topological polar surface area (TPSA) is 89.3 Å². The first-order valence-electron chi connectivity index (χ1n) is 5.50. The van der Waals surface area contributed by atoms with Crippen LogP contribution >= 0.6 is 0 Å². The van der Waals surface area contributed by atoms with Gasteiger partial charge in [-0.25, -0.2) is 13.6 Å². The Bertz CT molecular complexity index is 529. The summed E-state index contributed by atoms with van der Waals surface area (Å²) in [6.45, 7) is 2.44. The average Bonchev–Trinajstić information content (AvgIpc) is 2.28. The number of primary sulfonamides is 1. The fourth-order valence-electron chi connectivity index (χ4n) is 1.44. The van der Waals surface area contributed by atoms with Gasteiger partial charge in [0.2, 0.25) is 10.0 Å². The first-order valence-corrected chi connectivity index (χ1v) is 8.67. The van der Waals surface area contributed by atoms with Gasteiger partial charge in [0.05, 0.1) is 5.69 Å². The van der Waals surface area contributed by atoms with E-state index < -0.39 is 20.8 Å². The smallest absolute Gasteiger partial charge is 0.240 e. The molecule has 0 amide bonds. The van der Waals surface area contributed by atoms with E-state index in [2.05, 4.69) is 5.32 Å². The van der Waals surface area contributed by atoms with Crippen molar-refractivity contribution in [1.82, 2.24) is 0 Å². The Morgan fingerprint density at radius 3 is 2.56 bits per heavy atom. The van der Waals surface area contributed by atoms with E-state index in [1.54, 1.807) is 24.5 Å². The first kappa shape index (κ1) is 15.1. The highest BCUT2D eigenvalue weighted by Gasteiger charge is 2.13. The molecule has 0 fully saturated rings. The van der Waals surface area contributed by atoms with E-state index in [0.717, 1.165) is 0 Å². The molecule has 0 saturated carbocycles. The lowest BCUT2D eigenvalue weighted by molar-refractivity contribution is 0.598. The fourth-order valence-corrected chi connectivity index (χ4v) is 2.60. The van der Waals surface area contributed by atoms with Crippen molar-refractivity contribution in [3.05, 3.63) is 24.3 Å². The summed E-state index contributed by atoms with van der Waals surface area (Å²) in [4.78, 5) is 0.0790. The van der Waals surface area contributed by atoms with Crippen LogP contribution in [0.25, 0.3) is 0 Å². The normalized spacial score (nSPS) is 15.1. The summed E-state index contributed by atoms with van der Waals surface area (Å²) in [6.07, 6.45) is 2.35. The van der Waals surface area contributed by atoms with E-state index in [-0.39, 0.29) is 10.1 Å². The summed E-state index contributed by atoms with van der Waals surface area (Å²) < 4.78 is 33.9. The van der Waals surface area contributed by atoms with Crippen molar-refractivity contribution in [2.45, 2.75) is 23.5 Å². The van der Waals surface area contributed by atoms with Gasteiger partial charge in [0.15, 0.2) is 0 Å². The lowest BCUT2D eigenvalue weighted by Crippen LogP contribution is -2.18. The minimum atomic E-state index is -3.72. The van der Waals surface area contributed by atoms with Crippen molar-refractivity contribution in [3.63, 3.8) is 0 Å². The Morgan fingerprint density at radius 1 is 1.39 bits per heavy atom. The molecule has 102 valence electrons. The van der Waals surface area contributed by atoms with Gasteiger partial charge in [-0.05, 0) is 18.6 Å². The highest BCUT2D eigenvalue weighted by atomic mass is 32.2. The Kier molecular flexibility index (Phi) is 5.30. The largest absolute Gasteiger partial charge is 0.384 e. The molecule has 2 atom stereocenters. The third kappa shape index (κ3) is 4.40. The minimum absolute atomic E-state index is 0.0687. The second kappa shape index (κ2) is 6.31. The third-order valence-corrected chi connectivity index (χ3v) is 4.96. The SMILES string of the molecule is CC(CCNc1ccccc1S(N)(=O)=O)S(C)=O. The number of rotatable bonds is 6. The summed E-state index contributed by atoms with van der Waals surface area (Å²) in [5.41, 5.74) is 0.481. The number of nitrogens with one attached hydrogen (secondary N) is 1. The number of para-hydroxylation sites is 1. The van der Waals surface area contributed by atoms with Gasteiger partial charge in [-0.1, -0.05) is 19.1 Å². The zero-order chi connectivity index (χ0) is 13.8. The molecule has 1 aromatic carbocycles. The zero-order valence-corrected chi connectivity index (χ0v) is 12.1. The van der Waals surface area contributed by atoms with Crippen LogP contribution in [0.15, 0.2) is 29.2 Å². The number of hydrogen-bond donors (Lipinski definition) is 2. The number of benzene rings is 1. The van der Waals surface area contributed by atoms with E-state index >= 15 is 0 Å². The van der Waals surface area contributed by atoms with Gasteiger partial charge >= 0.3 is 0 Å². The van der Waals surface area contributed by atoms with Gasteiger partial charge in [0, 0.05) is 28.9 Å². The molecule has 1 aromatic rings. The lowest BCUT2D eigenvalue weighted by Gasteiger charge is -2.12. The lowest BCUT2D eigenvalue weighted by atomic mass is 10.3. The Balaban J connectivity index is 2.72. The molecule has 0 radical (unpaired) electrons. The van der Waals surface area contributed by atoms with Crippen LogP contribution in [0.3, 0.4) is 0 Å². The number of anilines is 1. The third-order valence-electron chi connectivity index (χ3n) is 2.63. The monoisotopic (exact) mass is 290 g/mol. The quantitative estimate of drug-likeness (QED) is 0.814. The summed E-state index contributed by atoms with van der Waals surface area (Å²) in [5.74, 6) is 0. The molecule has 5 nitrogen and oxygen atoms in total. The second-order valence-electron chi connectivity index (χ2n) is 4.07. The molecule has 3 N–H and O–H groups in total. The molecule has 0 spiro atoms.